The van der Waals surface area contributed by atoms with Gasteiger partial charge in [0.1, 0.15) is 5.60 Å². The van der Waals surface area contributed by atoms with Gasteiger partial charge < -0.3 is 15.2 Å². The molecular formula is C15H21NO4S. The smallest absolute Gasteiger partial charge is 0.338 e. The van der Waals surface area contributed by atoms with Crippen LogP contribution in [0.5, 0.6) is 0 Å². The van der Waals surface area contributed by atoms with Crippen LogP contribution in [0.3, 0.4) is 0 Å². The molecule has 0 aliphatic heterocycles. The number of esters is 2. The first-order chi connectivity index (χ1) is 9.73. The molecule has 116 valence electrons. The number of hydrogen-bond acceptors (Lipinski definition) is 6. The fraction of sp³-hybridized carbons (Fsp3) is 0.467. The molecule has 0 bridgehead atoms. The Labute approximate surface area is 129 Å². The van der Waals surface area contributed by atoms with Gasteiger partial charge in [0.15, 0.2) is 0 Å². The molecule has 0 spiro atoms. The standard InChI is InChI=1S/C15H21NO4S/c1-5-19-14(18)10-6-7-12(11(16)8-10)21-9-13(17)20-15(2,3)4/h6-8H,5,9,16H2,1-4H3. The average Bonchev–Trinajstić information content (AvgIpc) is 2.35. The van der Waals surface area contributed by atoms with E-state index in [2.05, 4.69) is 0 Å². The molecule has 5 nitrogen and oxygen atoms in total. The van der Waals surface area contributed by atoms with Crippen molar-refractivity contribution in [2.24, 2.45) is 0 Å². The number of nitrogens with two attached hydrogens (primary N) is 1. The van der Waals surface area contributed by atoms with E-state index >= 15 is 0 Å². The topological polar surface area (TPSA) is 78.6 Å². The predicted octanol–water partition coefficient (Wildman–Crippen LogP) is 2.88. The number of rotatable bonds is 5. The molecular weight excluding hydrogens is 290 g/mol. The number of carbonyl (C=O) groups is 2. The zero-order valence-electron chi connectivity index (χ0n) is 12.8. The summed E-state index contributed by atoms with van der Waals surface area (Å²) in [4.78, 5) is 23.9. The lowest BCUT2D eigenvalue weighted by Crippen LogP contribution is -2.24. The van der Waals surface area contributed by atoms with E-state index in [1.807, 2.05) is 20.8 Å². The van der Waals surface area contributed by atoms with Gasteiger partial charge in [-0.1, -0.05) is 0 Å². The highest BCUT2D eigenvalue weighted by Crippen LogP contribution is 2.26. The fourth-order valence-electron chi connectivity index (χ4n) is 1.53. The summed E-state index contributed by atoms with van der Waals surface area (Å²) in [6, 6.07) is 4.89. The molecule has 0 fully saturated rings. The number of anilines is 1. The first-order valence-corrected chi connectivity index (χ1v) is 7.63. The molecule has 6 heteroatoms. The zero-order chi connectivity index (χ0) is 16.0. The molecule has 0 heterocycles. The second-order valence-corrected chi connectivity index (χ2v) is 6.37. The highest BCUT2D eigenvalue weighted by Gasteiger charge is 2.17. The third-order valence-corrected chi connectivity index (χ3v) is 3.35. The summed E-state index contributed by atoms with van der Waals surface area (Å²) in [5, 5.41) is 0. The first-order valence-electron chi connectivity index (χ1n) is 6.64. The number of thioether (sulfide) groups is 1. The van der Waals surface area contributed by atoms with Gasteiger partial charge >= 0.3 is 11.9 Å². The highest BCUT2D eigenvalue weighted by molar-refractivity contribution is 8.00. The monoisotopic (exact) mass is 311 g/mol. The Morgan fingerprint density at radius 1 is 1.29 bits per heavy atom. The maximum absolute atomic E-state index is 11.6. The molecule has 2 N–H and O–H groups in total. The summed E-state index contributed by atoms with van der Waals surface area (Å²) in [5.41, 5.74) is 6.22. The van der Waals surface area contributed by atoms with Gasteiger partial charge in [-0.15, -0.1) is 11.8 Å². The van der Waals surface area contributed by atoms with E-state index in [0.29, 0.717) is 17.9 Å². The number of carbonyl (C=O) groups excluding carboxylic acids is 2. The van der Waals surface area contributed by atoms with Crippen molar-refractivity contribution < 1.29 is 19.1 Å². The van der Waals surface area contributed by atoms with E-state index in [1.165, 1.54) is 11.8 Å². The average molecular weight is 311 g/mol. The van der Waals surface area contributed by atoms with E-state index < -0.39 is 11.6 Å². The van der Waals surface area contributed by atoms with Crippen molar-refractivity contribution in [1.29, 1.82) is 0 Å². The third kappa shape index (κ3) is 6.08. The van der Waals surface area contributed by atoms with Crippen LogP contribution in [0.2, 0.25) is 0 Å². The van der Waals surface area contributed by atoms with Crippen molar-refractivity contribution in [3.05, 3.63) is 23.8 Å². The molecule has 1 rings (SSSR count). The van der Waals surface area contributed by atoms with Crippen LogP contribution in [-0.4, -0.2) is 29.9 Å². The molecule has 0 saturated carbocycles. The molecule has 0 saturated heterocycles. The van der Waals surface area contributed by atoms with Crippen molar-refractivity contribution >= 4 is 29.4 Å². The molecule has 0 amide bonds. The lowest BCUT2D eigenvalue weighted by molar-refractivity contribution is -0.151. The van der Waals surface area contributed by atoms with Gasteiger partial charge in [-0.05, 0) is 45.9 Å². The Bertz CT molecular complexity index is 523. The van der Waals surface area contributed by atoms with Gasteiger partial charge in [0.05, 0.1) is 17.9 Å². The fourth-order valence-corrected chi connectivity index (χ4v) is 2.25. The Morgan fingerprint density at radius 3 is 2.48 bits per heavy atom. The van der Waals surface area contributed by atoms with Crippen molar-refractivity contribution in [3.63, 3.8) is 0 Å². The second-order valence-electron chi connectivity index (χ2n) is 5.35. The Balaban J connectivity index is 2.65. The van der Waals surface area contributed by atoms with Gasteiger partial charge in [-0.25, -0.2) is 4.79 Å². The minimum atomic E-state index is -0.503. The number of ether oxygens (including phenoxy) is 2. The zero-order valence-corrected chi connectivity index (χ0v) is 13.6. The number of hydrogen-bond donors (Lipinski definition) is 1. The van der Waals surface area contributed by atoms with E-state index in [1.54, 1.807) is 25.1 Å². The number of nitrogen functional groups attached to an aromatic ring is 1. The van der Waals surface area contributed by atoms with Crippen LogP contribution in [0.1, 0.15) is 38.1 Å². The first kappa shape index (κ1) is 17.4. The normalized spacial score (nSPS) is 11.0. The molecule has 0 aromatic heterocycles. The summed E-state index contributed by atoms with van der Waals surface area (Å²) in [7, 11) is 0. The lowest BCUT2D eigenvalue weighted by atomic mass is 10.2. The summed E-state index contributed by atoms with van der Waals surface area (Å²) >= 11 is 1.28. The SMILES string of the molecule is CCOC(=O)c1ccc(SCC(=O)OC(C)(C)C)c(N)c1. The summed E-state index contributed by atoms with van der Waals surface area (Å²) in [6.07, 6.45) is 0. The molecule has 0 unspecified atom stereocenters. The van der Waals surface area contributed by atoms with Crippen LogP contribution < -0.4 is 5.73 Å². The number of benzene rings is 1. The van der Waals surface area contributed by atoms with Crippen LogP contribution in [0.4, 0.5) is 5.69 Å². The van der Waals surface area contributed by atoms with Crippen molar-refractivity contribution in [1.82, 2.24) is 0 Å². The van der Waals surface area contributed by atoms with Crippen molar-refractivity contribution in [3.8, 4) is 0 Å². The van der Waals surface area contributed by atoms with Gasteiger partial charge in [0, 0.05) is 10.6 Å². The summed E-state index contributed by atoms with van der Waals surface area (Å²) in [5.74, 6) is -0.547. The minimum Gasteiger partial charge on any atom is -0.462 e. The Kier molecular flexibility index (Phi) is 6.08. The summed E-state index contributed by atoms with van der Waals surface area (Å²) < 4.78 is 10.1. The maximum Gasteiger partial charge on any atom is 0.338 e. The molecule has 0 aliphatic carbocycles. The van der Waals surface area contributed by atoms with Gasteiger partial charge in [0.2, 0.25) is 0 Å². The van der Waals surface area contributed by atoms with Crippen molar-refractivity contribution in [2.75, 3.05) is 18.1 Å². The molecule has 1 aromatic carbocycles. The molecule has 0 atom stereocenters. The van der Waals surface area contributed by atoms with E-state index in [-0.39, 0.29) is 11.7 Å². The Hall–Kier alpha value is -1.69. The Morgan fingerprint density at radius 2 is 1.95 bits per heavy atom. The second kappa shape index (κ2) is 7.36. The lowest BCUT2D eigenvalue weighted by Gasteiger charge is -2.19. The molecule has 0 aliphatic rings. The molecule has 21 heavy (non-hydrogen) atoms. The van der Waals surface area contributed by atoms with Crippen LogP contribution >= 0.6 is 11.8 Å². The van der Waals surface area contributed by atoms with Crippen LogP contribution in [0.25, 0.3) is 0 Å². The summed E-state index contributed by atoms with van der Waals surface area (Å²) in [6.45, 7) is 7.51. The van der Waals surface area contributed by atoms with Crippen LogP contribution in [0.15, 0.2) is 23.1 Å². The van der Waals surface area contributed by atoms with E-state index in [0.717, 1.165) is 4.90 Å². The molecule has 0 radical (unpaired) electrons. The van der Waals surface area contributed by atoms with Gasteiger partial charge in [-0.2, -0.15) is 0 Å². The van der Waals surface area contributed by atoms with Crippen molar-refractivity contribution in [2.45, 2.75) is 38.2 Å². The van der Waals surface area contributed by atoms with Gasteiger partial charge in [0.25, 0.3) is 0 Å². The van der Waals surface area contributed by atoms with Crippen LogP contribution in [-0.2, 0) is 14.3 Å². The minimum absolute atomic E-state index is 0.167. The van der Waals surface area contributed by atoms with E-state index in [9.17, 15) is 9.59 Å². The van der Waals surface area contributed by atoms with E-state index in [4.69, 9.17) is 15.2 Å². The predicted molar refractivity (Wildman–Crippen MR) is 83.4 cm³/mol. The largest absolute Gasteiger partial charge is 0.462 e. The highest BCUT2D eigenvalue weighted by atomic mass is 32.2. The molecule has 1 aromatic rings. The quantitative estimate of drug-likeness (QED) is 0.512. The maximum atomic E-state index is 11.6. The third-order valence-electron chi connectivity index (χ3n) is 2.29. The van der Waals surface area contributed by atoms with Crippen LogP contribution in [0, 0.1) is 0 Å². The van der Waals surface area contributed by atoms with Gasteiger partial charge in [-0.3, -0.25) is 4.79 Å².